The van der Waals surface area contributed by atoms with Gasteiger partial charge in [-0.3, -0.25) is 38.4 Å². The summed E-state index contributed by atoms with van der Waals surface area (Å²) in [5.41, 5.74) is 16.7. The maximum atomic E-state index is 12.7. The van der Waals surface area contributed by atoms with E-state index in [-0.39, 0.29) is 53.1 Å². The van der Waals surface area contributed by atoms with Gasteiger partial charge in [0.05, 0.1) is 150 Å². The lowest BCUT2D eigenvalue weighted by molar-refractivity contribution is -0.384. The van der Waals surface area contributed by atoms with E-state index in [0.29, 0.717) is 95.6 Å². The van der Waals surface area contributed by atoms with E-state index in [1.54, 1.807) is 56.4 Å². The second-order valence-corrected chi connectivity index (χ2v) is 26.1. The number of hydrogen-bond donors (Lipinski definition) is 3. The number of nitrogen functional groups attached to an aromatic ring is 1. The van der Waals surface area contributed by atoms with Gasteiger partial charge in [0.2, 0.25) is 5.88 Å². The molecule has 29 heteroatoms. The molecule has 0 saturated carbocycles. The topological polar surface area (TPSA) is 318 Å². The highest BCUT2D eigenvalue weighted by atomic mass is 79.9. The van der Waals surface area contributed by atoms with Crippen LogP contribution in [0.5, 0.6) is 5.88 Å². The lowest BCUT2D eigenvalue weighted by Crippen LogP contribution is -2.14. The van der Waals surface area contributed by atoms with Gasteiger partial charge in [-0.15, -0.1) is 0 Å². The molecule has 15 rings (SSSR count). The van der Waals surface area contributed by atoms with Crippen molar-refractivity contribution in [2.45, 2.75) is 77.5 Å². The molecule has 4 aliphatic heterocycles. The van der Waals surface area contributed by atoms with Gasteiger partial charge in [0.25, 0.3) is 16.8 Å². The summed E-state index contributed by atoms with van der Waals surface area (Å²) in [5, 5.41) is 32.4. The molecule has 11 aromatic rings. The summed E-state index contributed by atoms with van der Waals surface area (Å²) in [7, 11) is 1.62. The predicted octanol–water partition coefficient (Wildman–Crippen LogP) is 12.5. The summed E-state index contributed by atoms with van der Waals surface area (Å²) < 4.78 is 47.2. The Hall–Kier alpha value is -8.97. The number of aromatic nitrogens is 11. The van der Waals surface area contributed by atoms with Crippen molar-refractivity contribution in [2.24, 2.45) is 0 Å². The number of H-pyrrole nitrogens is 2. The van der Waals surface area contributed by atoms with Crippen LogP contribution in [0.15, 0.2) is 127 Å². The number of benzene rings is 4. The number of anilines is 1. The summed E-state index contributed by atoms with van der Waals surface area (Å²) in [4.78, 5) is 70.9. The van der Waals surface area contributed by atoms with Crippen LogP contribution in [0.25, 0.3) is 77.3 Å². The van der Waals surface area contributed by atoms with E-state index in [4.69, 9.17) is 38.9 Å². The van der Waals surface area contributed by atoms with E-state index in [0.717, 1.165) is 108 Å². The zero-order valence-corrected chi connectivity index (χ0v) is 58.3. The maximum absolute atomic E-state index is 12.7. The number of carbonyl (C=O) groups excluding carboxylic acids is 2. The van der Waals surface area contributed by atoms with E-state index in [1.807, 2.05) is 76.6 Å². The third-order valence-electron chi connectivity index (χ3n) is 17.3. The predicted molar refractivity (Wildman–Crippen MR) is 374 cm³/mol. The Morgan fingerprint density at radius 1 is 0.598 bits per heavy atom. The molecule has 4 N–H and O–H groups in total. The summed E-state index contributed by atoms with van der Waals surface area (Å²) >= 11 is 10.1. The average Bonchev–Trinajstić information content (AvgIpc) is 1.51. The van der Waals surface area contributed by atoms with Crippen LogP contribution in [0.3, 0.4) is 0 Å². The number of aromatic amines is 2. The van der Waals surface area contributed by atoms with Gasteiger partial charge in [0, 0.05) is 79.7 Å². The van der Waals surface area contributed by atoms with Crippen molar-refractivity contribution in [1.29, 1.82) is 0 Å². The first-order valence-corrected chi connectivity index (χ1v) is 33.9. The average molecular weight is 1520 g/mol. The van der Waals surface area contributed by atoms with Crippen LogP contribution in [-0.4, -0.2) is 144 Å². The highest BCUT2D eigenvalue weighted by molar-refractivity contribution is 9.11. The minimum atomic E-state index is -0.556. The first-order chi connectivity index (χ1) is 47.0. The van der Waals surface area contributed by atoms with Gasteiger partial charge in [-0.2, -0.15) is 20.4 Å². The Labute approximate surface area is 579 Å². The van der Waals surface area contributed by atoms with Crippen LogP contribution in [0.4, 0.5) is 11.4 Å². The molecule has 504 valence electrons. The summed E-state index contributed by atoms with van der Waals surface area (Å²) in [6, 6.07) is 22.7. The molecule has 26 nitrogen and oxygen atoms in total. The van der Waals surface area contributed by atoms with Crippen LogP contribution in [0.1, 0.15) is 95.5 Å². The van der Waals surface area contributed by atoms with E-state index < -0.39 is 16.9 Å². The van der Waals surface area contributed by atoms with Crippen molar-refractivity contribution >= 4 is 115 Å². The van der Waals surface area contributed by atoms with Crippen molar-refractivity contribution in [1.82, 2.24) is 54.1 Å². The summed E-state index contributed by atoms with van der Waals surface area (Å²) in [5.74, 6) is -0.344. The molecule has 7 aromatic heterocycles. The van der Waals surface area contributed by atoms with Crippen LogP contribution >= 0.6 is 47.8 Å². The SMILES string of the molecule is CCOC(=O)c1cnn([C@H]2CCOC2)c1-c1ccc(Br)cc1N.CCOC(=O)c1cnn([C@H]2CCOC2)c1-c1ccc(Br)cc1[N+](=O)[O-].COc1ncc(C)c(-c2ccc3c(c2)[nH]c(=O)c2cnn([C@H]4CCOC4)c23)c1C.O=c1[nH]c2cc(Br)ccc2c2c1cnn2[C@H]1CCOC1. The fourth-order valence-electron chi connectivity index (χ4n) is 12.7. The molecule has 0 unspecified atom stereocenters. The summed E-state index contributed by atoms with van der Waals surface area (Å²) in [6.07, 6.45) is 11.5. The monoisotopic (exact) mass is 1510 g/mol. The van der Waals surface area contributed by atoms with E-state index in [9.17, 15) is 29.3 Å². The number of nitrogens with zero attached hydrogens (tertiary/aromatic N) is 10. The minimum absolute atomic E-state index is 0.0820. The number of nitro benzene ring substituents is 1. The Morgan fingerprint density at radius 3 is 1.52 bits per heavy atom. The Bertz CT molecular complexity index is 4900. The van der Waals surface area contributed by atoms with Crippen LogP contribution in [0, 0.1) is 24.0 Å². The number of rotatable bonds is 13. The van der Waals surface area contributed by atoms with Gasteiger partial charge >= 0.3 is 11.9 Å². The number of methoxy groups -OCH3 is 1. The van der Waals surface area contributed by atoms with Gasteiger partial charge in [0.1, 0.15) is 11.1 Å². The van der Waals surface area contributed by atoms with E-state index >= 15 is 0 Å². The lowest BCUT2D eigenvalue weighted by atomic mass is 9.96. The zero-order chi connectivity index (χ0) is 68.2. The second-order valence-electron chi connectivity index (χ2n) is 23.4. The standard InChI is InChI=1S/C22H22N4O3.C16H16BrN3O5.C16H18BrN3O3.C14H12BrN3O2/c1-12-9-23-22(28-3)13(2)19(12)14-4-5-16-18(8-14)25-21(27)17-10-24-26(20(16)17)15-6-7-29-11-15;1-2-25-16(21)13-8-18-19(11-5-6-24-9-11)15(13)12-4-3-10(17)7-14(12)20(22)23;1-2-23-16(21)13-8-19-20(11-5-6-22-9-11)15(13)12-4-3-10(17)7-14(12)18;15-8-1-2-10-12(5-8)17-14(19)11-6-16-18(13(10)11)9-3-4-20-7-9/h4-5,8-10,15H,6-7,11H2,1-3H3,(H,25,27);3-4,7-8,11H,2,5-6,9H2,1H3;3-4,7-8,11H,2,5-6,9,18H2,1H3;1-2,5-6,9H,3-4,7H2,(H,17,19)/t15-;2*11-;9-/m0000/s1. The van der Waals surface area contributed by atoms with Crippen molar-refractivity contribution in [3.63, 3.8) is 0 Å². The molecule has 11 heterocycles. The highest BCUT2D eigenvalue weighted by Gasteiger charge is 2.32. The number of aryl methyl sites for hydroxylation is 1. The Kier molecular flexibility index (Phi) is 20.9. The maximum Gasteiger partial charge on any atom is 0.341 e. The fraction of sp³-hybridized carbons (Fsp3) is 0.338. The molecule has 4 aromatic carbocycles. The van der Waals surface area contributed by atoms with Crippen LogP contribution in [-0.2, 0) is 28.4 Å². The molecule has 4 aliphatic rings. The number of nitro groups is 1. The van der Waals surface area contributed by atoms with E-state index in [2.05, 4.69) is 95.3 Å². The van der Waals surface area contributed by atoms with Gasteiger partial charge in [-0.1, -0.05) is 59.9 Å². The number of pyridine rings is 3. The number of esters is 2. The Balaban J connectivity index is 0.000000124. The Morgan fingerprint density at radius 2 is 1.04 bits per heavy atom. The minimum Gasteiger partial charge on any atom is -0.481 e. The van der Waals surface area contributed by atoms with Gasteiger partial charge in [-0.25, -0.2) is 14.6 Å². The zero-order valence-electron chi connectivity index (χ0n) is 53.5. The number of hydrogen-bond acceptors (Lipinski definition) is 19. The molecule has 4 fully saturated rings. The molecular formula is C68H68Br3N13O13. The molecule has 0 radical (unpaired) electrons. The molecular weight excluding hydrogens is 1450 g/mol. The quantitative estimate of drug-likeness (QED) is 0.0418. The molecule has 0 aliphatic carbocycles. The number of halogens is 3. The number of nitrogens with two attached hydrogens (primary N) is 1. The van der Waals surface area contributed by atoms with Crippen LogP contribution < -0.4 is 21.6 Å². The smallest absolute Gasteiger partial charge is 0.341 e. The molecule has 0 spiro atoms. The second kappa shape index (κ2) is 29.8. The third-order valence-corrected chi connectivity index (χ3v) is 18.8. The number of carbonyl (C=O) groups is 2. The first-order valence-electron chi connectivity index (χ1n) is 31.5. The number of nitrogens with one attached hydrogen (secondary N) is 2. The number of fused-ring (bicyclic) bond motifs is 6. The van der Waals surface area contributed by atoms with E-state index in [1.165, 1.54) is 12.3 Å². The van der Waals surface area contributed by atoms with Crippen molar-refractivity contribution in [3.05, 3.63) is 170 Å². The van der Waals surface area contributed by atoms with Crippen molar-refractivity contribution in [2.75, 3.05) is 78.9 Å². The molecule has 0 bridgehead atoms. The fourth-order valence-corrected chi connectivity index (χ4v) is 13.8. The number of ether oxygens (including phenoxy) is 7. The largest absolute Gasteiger partial charge is 0.481 e. The third kappa shape index (κ3) is 14.0. The van der Waals surface area contributed by atoms with Crippen LogP contribution in [0.2, 0.25) is 0 Å². The molecule has 4 saturated heterocycles. The van der Waals surface area contributed by atoms with Gasteiger partial charge < -0.3 is 48.9 Å². The normalized spacial score (nSPS) is 17.4. The molecule has 97 heavy (non-hydrogen) atoms. The van der Waals surface area contributed by atoms with Crippen molar-refractivity contribution < 1.29 is 47.7 Å². The molecule has 0 amide bonds. The highest BCUT2D eigenvalue weighted by Crippen LogP contribution is 2.40. The lowest BCUT2D eigenvalue weighted by Gasteiger charge is -2.16. The molecule has 4 atom stereocenters. The van der Waals surface area contributed by atoms with Crippen molar-refractivity contribution in [3.8, 4) is 39.5 Å². The van der Waals surface area contributed by atoms with Gasteiger partial charge in [-0.05, 0) is 125 Å². The summed E-state index contributed by atoms with van der Waals surface area (Å²) in [6.45, 7) is 13.1. The van der Waals surface area contributed by atoms with Gasteiger partial charge in [0.15, 0.2) is 0 Å². The first kappa shape index (κ1) is 68.0.